The lowest BCUT2D eigenvalue weighted by Crippen LogP contribution is -2.38. The van der Waals surface area contributed by atoms with Gasteiger partial charge in [-0.2, -0.15) is 13.2 Å². The van der Waals surface area contributed by atoms with Crippen LogP contribution in [0.15, 0.2) is 18.2 Å². The van der Waals surface area contributed by atoms with Crippen LogP contribution in [0.3, 0.4) is 0 Å². The molecule has 8 heteroatoms. The van der Waals surface area contributed by atoms with Gasteiger partial charge in [-0.05, 0) is 18.2 Å². The van der Waals surface area contributed by atoms with Crippen LogP contribution in [-0.4, -0.2) is 25.2 Å². The van der Waals surface area contributed by atoms with Gasteiger partial charge in [0.15, 0.2) is 0 Å². The molecule has 3 nitrogen and oxygen atoms in total. The standard InChI is InChI=1S/C11H11F5N2O/c12-8-1-2-9(13)7(3-8)4-18-10(19)5-17-6-11(14,15)16/h1-3,17H,4-6H2,(H,18,19). The van der Waals surface area contributed by atoms with Crippen LogP contribution in [0, 0.1) is 11.6 Å². The quantitative estimate of drug-likeness (QED) is 0.808. The Labute approximate surface area is 105 Å². The lowest BCUT2D eigenvalue weighted by Gasteiger charge is -2.09. The topological polar surface area (TPSA) is 41.1 Å². The van der Waals surface area contributed by atoms with Gasteiger partial charge in [0.1, 0.15) is 11.6 Å². The van der Waals surface area contributed by atoms with Gasteiger partial charge < -0.3 is 10.6 Å². The van der Waals surface area contributed by atoms with Crippen LogP contribution in [-0.2, 0) is 11.3 Å². The first kappa shape index (κ1) is 15.4. The zero-order valence-electron chi connectivity index (χ0n) is 9.65. The maximum atomic E-state index is 13.1. The first-order chi connectivity index (χ1) is 8.78. The first-order valence-corrected chi connectivity index (χ1v) is 5.26. The van der Waals surface area contributed by atoms with Gasteiger partial charge >= 0.3 is 6.18 Å². The van der Waals surface area contributed by atoms with Crippen molar-refractivity contribution >= 4 is 5.91 Å². The SMILES string of the molecule is O=C(CNCC(F)(F)F)NCc1cc(F)ccc1F. The predicted octanol–water partition coefficient (Wildman–Crippen LogP) is 1.73. The molecule has 1 aromatic carbocycles. The van der Waals surface area contributed by atoms with Crippen molar-refractivity contribution in [2.45, 2.75) is 12.7 Å². The zero-order chi connectivity index (χ0) is 14.5. The Morgan fingerprint density at radius 2 is 1.89 bits per heavy atom. The first-order valence-electron chi connectivity index (χ1n) is 5.26. The summed E-state index contributed by atoms with van der Waals surface area (Å²) in [4.78, 5) is 11.1. The van der Waals surface area contributed by atoms with Gasteiger partial charge in [-0.1, -0.05) is 0 Å². The summed E-state index contributed by atoms with van der Waals surface area (Å²) >= 11 is 0. The van der Waals surface area contributed by atoms with Crippen LogP contribution >= 0.6 is 0 Å². The lowest BCUT2D eigenvalue weighted by molar-refractivity contribution is -0.128. The summed E-state index contributed by atoms with van der Waals surface area (Å²) in [5.41, 5.74) is -0.0795. The molecule has 0 bridgehead atoms. The molecular weight excluding hydrogens is 271 g/mol. The Morgan fingerprint density at radius 3 is 2.53 bits per heavy atom. The molecule has 0 fully saturated rings. The van der Waals surface area contributed by atoms with E-state index in [0.717, 1.165) is 18.2 Å². The van der Waals surface area contributed by atoms with Crippen molar-refractivity contribution in [3.8, 4) is 0 Å². The molecular formula is C11H11F5N2O. The number of alkyl halides is 3. The minimum Gasteiger partial charge on any atom is -0.351 e. The number of hydrogen-bond donors (Lipinski definition) is 2. The van der Waals surface area contributed by atoms with E-state index < -0.39 is 36.8 Å². The maximum Gasteiger partial charge on any atom is 0.401 e. The average Bonchev–Trinajstić information content (AvgIpc) is 2.28. The molecule has 0 aliphatic heterocycles. The molecule has 0 saturated heterocycles. The molecule has 2 N–H and O–H groups in total. The molecule has 0 aliphatic carbocycles. The summed E-state index contributed by atoms with van der Waals surface area (Å²) < 4.78 is 61.2. The van der Waals surface area contributed by atoms with E-state index in [9.17, 15) is 26.7 Å². The van der Waals surface area contributed by atoms with Crippen molar-refractivity contribution in [2.75, 3.05) is 13.1 Å². The molecule has 0 aromatic heterocycles. The number of rotatable bonds is 5. The second-order valence-electron chi connectivity index (χ2n) is 3.73. The van der Waals surface area contributed by atoms with E-state index in [-0.39, 0.29) is 12.1 Å². The molecule has 1 rings (SSSR count). The van der Waals surface area contributed by atoms with E-state index in [4.69, 9.17) is 0 Å². The second-order valence-corrected chi connectivity index (χ2v) is 3.73. The summed E-state index contributed by atoms with van der Waals surface area (Å²) in [7, 11) is 0. The van der Waals surface area contributed by atoms with Crippen LogP contribution in [0.1, 0.15) is 5.56 Å². The Bertz CT molecular complexity index is 447. The Balaban J connectivity index is 2.36. The van der Waals surface area contributed by atoms with E-state index in [2.05, 4.69) is 5.32 Å². The molecule has 1 amide bonds. The predicted molar refractivity (Wildman–Crippen MR) is 57.1 cm³/mol. The van der Waals surface area contributed by atoms with Gasteiger partial charge in [-0.3, -0.25) is 4.79 Å². The van der Waals surface area contributed by atoms with E-state index in [1.165, 1.54) is 0 Å². The van der Waals surface area contributed by atoms with E-state index in [0.29, 0.717) is 0 Å². The van der Waals surface area contributed by atoms with E-state index >= 15 is 0 Å². The lowest BCUT2D eigenvalue weighted by atomic mass is 10.2. The van der Waals surface area contributed by atoms with Crippen molar-refractivity contribution < 1.29 is 26.7 Å². The fourth-order valence-corrected chi connectivity index (χ4v) is 1.25. The number of carbonyl (C=O) groups is 1. The summed E-state index contributed by atoms with van der Waals surface area (Å²) in [6.45, 7) is -2.15. The van der Waals surface area contributed by atoms with E-state index in [1.807, 2.05) is 5.32 Å². The number of benzene rings is 1. The van der Waals surface area contributed by atoms with Crippen LogP contribution in [0.25, 0.3) is 0 Å². The molecule has 0 aliphatic rings. The Kier molecular flexibility index (Phi) is 5.22. The molecule has 0 spiro atoms. The van der Waals surface area contributed by atoms with Gasteiger partial charge in [-0.25, -0.2) is 8.78 Å². The molecule has 19 heavy (non-hydrogen) atoms. The number of amides is 1. The maximum absolute atomic E-state index is 13.1. The molecule has 0 unspecified atom stereocenters. The normalized spacial score (nSPS) is 11.4. The smallest absolute Gasteiger partial charge is 0.351 e. The number of nitrogens with one attached hydrogen (secondary N) is 2. The Hall–Kier alpha value is -1.70. The largest absolute Gasteiger partial charge is 0.401 e. The average molecular weight is 282 g/mol. The highest BCUT2D eigenvalue weighted by molar-refractivity contribution is 5.77. The Morgan fingerprint density at radius 1 is 1.21 bits per heavy atom. The van der Waals surface area contributed by atoms with Crippen LogP contribution in [0.5, 0.6) is 0 Å². The van der Waals surface area contributed by atoms with Crippen molar-refractivity contribution in [3.63, 3.8) is 0 Å². The highest BCUT2D eigenvalue weighted by Gasteiger charge is 2.26. The van der Waals surface area contributed by atoms with Gasteiger partial charge in [0.05, 0.1) is 13.1 Å². The second kappa shape index (κ2) is 6.46. The molecule has 0 radical (unpaired) electrons. The third kappa shape index (κ3) is 6.14. The van der Waals surface area contributed by atoms with Gasteiger partial charge in [-0.15, -0.1) is 0 Å². The minimum atomic E-state index is -4.41. The number of halogens is 5. The van der Waals surface area contributed by atoms with Crippen molar-refractivity contribution in [3.05, 3.63) is 35.4 Å². The molecule has 0 atom stereocenters. The summed E-state index contributed by atoms with van der Waals surface area (Å²) in [5, 5.41) is 4.06. The summed E-state index contributed by atoms with van der Waals surface area (Å²) in [5.74, 6) is -2.11. The van der Waals surface area contributed by atoms with E-state index in [1.54, 1.807) is 0 Å². The van der Waals surface area contributed by atoms with Crippen molar-refractivity contribution in [1.82, 2.24) is 10.6 Å². The fourth-order valence-electron chi connectivity index (χ4n) is 1.25. The van der Waals surface area contributed by atoms with Crippen molar-refractivity contribution in [1.29, 1.82) is 0 Å². The van der Waals surface area contributed by atoms with Crippen LogP contribution in [0.2, 0.25) is 0 Å². The zero-order valence-corrected chi connectivity index (χ0v) is 9.65. The highest BCUT2D eigenvalue weighted by atomic mass is 19.4. The molecule has 1 aromatic rings. The van der Waals surface area contributed by atoms with Gasteiger partial charge in [0.2, 0.25) is 5.91 Å². The molecule has 0 heterocycles. The number of carbonyl (C=O) groups excluding carboxylic acids is 1. The van der Waals surface area contributed by atoms with Gasteiger partial charge in [0, 0.05) is 12.1 Å². The third-order valence-electron chi connectivity index (χ3n) is 2.09. The monoisotopic (exact) mass is 282 g/mol. The molecule has 106 valence electrons. The van der Waals surface area contributed by atoms with Crippen LogP contribution in [0.4, 0.5) is 22.0 Å². The molecule has 0 saturated carbocycles. The minimum absolute atomic E-state index is 0.0795. The third-order valence-corrected chi connectivity index (χ3v) is 2.09. The summed E-state index contributed by atoms with van der Waals surface area (Å²) in [6, 6.07) is 2.73. The van der Waals surface area contributed by atoms with Crippen LogP contribution < -0.4 is 10.6 Å². The van der Waals surface area contributed by atoms with Crippen molar-refractivity contribution in [2.24, 2.45) is 0 Å². The summed E-state index contributed by atoms with van der Waals surface area (Å²) in [6.07, 6.45) is -4.41. The fraction of sp³-hybridized carbons (Fsp3) is 0.364. The van der Waals surface area contributed by atoms with Gasteiger partial charge in [0.25, 0.3) is 0 Å². The highest BCUT2D eigenvalue weighted by Crippen LogP contribution is 2.12. The number of hydrogen-bond acceptors (Lipinski definition) is 2.